The van der Waals surface area contributed by atoms with E-state index in [2.05, 4.69) is 64.5 Å². The fourth-order valence-electron chi connectivity index (χ4n) is 11.7. The minimum Gasteiger partial charge on any atom is -0.508 e. The van der Waals surface area contributed by atoms with Gasteiger partial charge in [-0.2, -0.15) is 0 Å². The molecule has 0 unspecified atom stereocenters. The van der Waals surface area contributed by atoms with Gasteiger partial charge in [-0.1, -0.05) is 54.6 Å². The Morgan fingerprint density at radius 1 is 0.932 bits per heavy atom. The number of allylic oxidation sites excluding steroid dienone is 5. The summed E-state index contributed by atoms with van der Waals surface area (Å²) in [4.78, 5) is 29.2. The van der Waals surface area contributed by atoms with Crippen LogP contribution < -0.4 is 16.0 Å². The third-order valence-corrected chi connectivity index (χ3v) is 14.2. The Kier molecular flexibility index (Phi) is 11.2. The third kappa shape index (κ3) is 7.20. The minimum atomic E-state index is -0.903. The SMILES string of the molecule is CNCc1cccc(-c2ccc(O)cc2C2=C3C(=O)OC(=C[C@H](CCO)Cc4ccccc4)[C@]34CC[C@@H]2[C@H]2CCC3=C(C(=O)OC3=CCC[C@H]3CCN[C@H](NC)C3)[C@@H]24)c1. The molecule has 308 valence electrons. The molecule has 2 saturated heterocycles. The molecule has 10 rings (SSSR count). The highest BCUT2D eigenvalue weighted by Crippen LogP contribution is 2.72. The Morgan fingerprint density at radius 3 is 2.59 bits per heavy atom. The number of nitrogens with one attached hydrogen (secondary N) is 3. The van der Waals surface area contributed by atoms with Gasteiger partial charge < -0.3 is 35.6 Å². The number of aromatic hydroxyl groups is 1. The van der Waals surface area contributed by atoms with Gasteiger partial charge in [-0.3, -0.25) is 0 Å². The van der Waals surface area contributed by atoms with E-state index in [1.807, 2.05) is 44.4 Å². The van der Waals surface area contributed by atoms with E-state index in [4.69, 9.17) is 9.47 Å². The van der Waals surface area contributed by atoms with Crippen molar-refractivity contribution in [3.05, 3.63) is 130 Å². The molecule has 5 N–H and O–H groups in total. The van der Waals surface area contributed by atoms with E-state index in [0.29, 0.717) is 60.6 Å². The number of benzene rings is 3. The number of fused-ring (bicyclic) bond motifs is 1. The van der Waals surface area contributed by atoms with Crippen molar-refractivity contribution in [2.24, 2.45) is 35.0 Å². The molecule has 2 bridgehead atoms. The average molecular weight is 796 g/mol. The number of hydrogen-bond acceptors (Lipinski definition) is 9. The number of phenols is 1. The lowest BCUT2D eigenvalue weighted by Crippen LogP contribution is -2.52. The van der Waals surface area contributed by atoms with Crippen LogP contribution in [0.1, 0.15) is 74.5 Å². The molecule has 3 aromatic rings. The summed E-state index contributed by atoms with van der Waals surface area (Å²) >= 11 is 0. The average Bonchev–Trinajstić information content (AvgIpc) is 3.73. The zero-order valence-corrected chi connectivity index (χ0v) is 34.3. The van der Waals surface area contributed by atoms with E-state index < -0.39 is 5.41 Å². The molecule has 0 radical (unpaired) electrons. The quantitative estimate of drug-likeness (QED) is 0.111. The molecule has 1 saturated carbocycles. The molecule has 1 spiro atoms. The van der Waals surface area contributed by atoms with Gasteiger partial charge in [-0.25, -0.2) is 9.59 Å². The summed E-state index contributed by atoms with van der Waals surface area (Å²) < 4.78 is 12.8. The molecule has 4 aliphatic carbocycles. The maximum absolute atomic E-state index is 14.8. The molecular weight excluding hydrogens is 739 g/mol. The van der Waals surface area contributed by atoms with E-state index in [1.165, 1.54) is 0 Å². The summed E-state index contributed by atoms with van der Waals surface area (Å²) in [6.07, 6.45) is 12.9. The molecule has 7 atom stereocenters. The van der Waals surface area contributed by atoms with Gasteiger partial charge in [0, 0.05) is 30.2 Å². The Labute approximate surface area is 347 Å². The molecule has 3 heterocycles. The van der Waals surface area contributed by atoms with Crippen molar-refractivity contribution in [3.8, 4) is 16.9 Å². The van der Waals surface area contributed by atoms with Gasteiger partial charge in [0.2, 0.25) is 0 Å². The van der Waals surface area contributed by atoms with Crippen LogP contribution in [0.2, 0.25) is 0 Å². The lowest BCUT2D eigenvalue weighted by molar-refractivity contribution is -0.135. The number of rotatable bonds is 13. The zero-order chi connectivity index (χ0) is 40.7. The molecule has 59 heavy (non-hydrogen) atoms. The van der Waals surface area contributed by atoms with Gasteiger partial charge in [-0.15, -0.1) is 0 Å². The second-order valence-corrected chi connectivity index (χ2v) is 17.5. The van der Waals surface area contributed by atoms with Gasteiger partial charge in [0.15, 0.2) is 0 Å². The van der Waals surface area contributed by atoms with Crippen LogP contribution in [0.25, 0.3) is 16.7 Å². The molecule has 9 heteroatoms. The van der Waals surface area contributed by atoms with Gasteiger partial charge in [0.05, 0.1) is 17.2 Å². The summed E-state index contributed by atoms with van der Waals surface area (Å²) in [6, 6.07) is 24.1. The predicted molar refractivity (Wildman–Crippen MR) is 228 cm³/mol. The Hall–Kier alpha value is -4.80. The number of cyclic esters (lactones) is 2. The summed E-state index contributed by atoms with van der Waals surface area (Å²) in [5, 5.41) is 31.6. The summed E-state index contributed by atoms with van der Waals surface area (Å²) in [6.45, 7) is 1.70. The molecular formula is C50H57N3O6. The molecule has 0 amide bonds. The molecule has 9 nitrogen and oxygen atoms in total. The Bertz CT molecular complexity index is 2240. The van der Waals surface area contributed by atoms with Crippen LogP contribution >= 0.6 is 0 Å². The lowest BCUT2D eigenvalue weighted by Gasteiger charge is -2.56. The maximum atomic E-state index is 14.8. The van der Waals surface area contributed by atoms with E-state index in [1.54, 1.807) is 6.07 Å². The van der Waals surface area contributed by atoms with Crippen LogP contribution in [0, 0.1) is 35.0 Å². The largest absolute Gasteiger partial charge is 0.508 e. The highest BCUT2D eigenvalue weighted by molar-refractivity contribution is 6.07. The maximum Gasteiger partial charge on any atom is 0.340 e. The Morgan fingerprint density at radius 2 is 1.78 bits per heavy atom. The van der Waals surface area contributed by atoms with Crippen molar-refractivity contribution in [3.63, 3.8) is 0 Å². The number of carbonyl (C=O) groups excluding carboxylic acids is 2. The van der Waals surface area contributed by atoms with Crippen molar-refractivity contribution in [2.45, 2.75) is 76.9 Å². The molecule has 3 fully saturated rings. The van der Waals surface area contributed by atoms with E-state index >= 15 is 0 Å². The van der Waals surface area contributed by atoms with E-state index in [9.17, 15) is 19.8 Å². The van der Waals surface area contributed by atoms with E-state index in [-0.39, 0.29) is 48.0 Å². The standard InChI is InChI=1S/C50H57N3O6/c1-51-29-33-11-6-12-34(25-33)36-15-14-35(55)28-40(36)44-37-18-21-50(42(59-49(57)47(44)50)26-32(20-23-54)24-30-8-4-3-5-9-30)46-38(37)16-17-39-41(58-48(56)45(39)46)13-7-10-31-19-22-53-43(27-31)52-2/h3-6,8-9,11-15,25-26,28,31-32,37-38,43,46,51-55H,7,10,16-24,27,29H2,1-2H3/t31-,32+,37+,38+,43-,46+,50-/m0/s1. The second kappa shape index (κ2) is 16.7. The number of hydrogen-bond donors (Lipinski definition) is 5. The lowest BCUT2D eigenvalue weighted by atomic mass is 9.44. The minimum absolute atomic E-state index is 0.00761. The van der Waals surface area contributed by atoms with Crippen LogP contribution in [0.15, 0.2) is 113 Å². The highest BCUT2D eigenvalue weighted by Gasteiger charge is 2.68. The first-order valence-electron chi connectivity index (χ1n) is 21.8. The van der Waals surface area contributed by atoms with Crippen LogP contribution in [-0.2, 0) is 32.0 Å². The number of ether oxygens (including phenoxy) is 2. The smallest absolute Gasteiger partial charge is 0.340 e. The fourth-order valence-corrected chi connectivity index (χ4v) is 11.7. The molecule has 7 aliphatic rings. The summed E-state index contributed by atoms with van der Waals surface area (Å²) in [5.74, 6) is 0.960. The predicted octanol–water partition coefficient (Wildman–Crippen LogP) is 7.71. The summed E-state index contributed by atoms with van der Waals surface area (Å²) in [7, 11) is 3.93. The first kappa shape index (κ1) is 39.6. The number of esters is 2. The topological polar surface area (TPSA) is 129 Å². The van der Waals surface area contributed by atoms with Crippen molar-refractivity contribution in [2.75, 3.05) is 27.2 Å². The molecule has 0 aromatic heterocycles. The zero-order valence-electron chi connectivity index (χ0n) is 34.3. The first-order valence-corrected chi connectivity index (χ1v) is 21.8. The normalized spacial score (nSPS) is 29.1. The van der Waals surface area contributed by atoms with Gasteiger partial charge >= 0.3 is 11.9 Å². The van der Waals surface area contributed by atoms with E-state index in [0.717, 1.165) is 90.5 Å². The summed E-state index contributed by atoms with van der Waals surface area (Å²) in [5.41, 5.74) is 7.43. The number of phenolic OH excluding ortho intramolecular Hbond substituents is 1. The van der Waals surface area contributed by atoms with Crippen molar-refractivity contribution in [1.29, 1.82) is 0 Å². The van der Waals surface area contributed by atoms with Crippen LogP contribution in [0.3, 0.4) is 0 Å². The monoisotopic (exact) mass is 795 g/mol. The number of aliphatic hydroxyl groups is 1. The number of piperidine rings is 1. The van der Waals surface area contributed by atoms with Crippen molar-refractivity contribution in [1.82, 2.24) is 16.0 Å². The second-order valence-electron chi connectivity index (χ2n) is 17.5. The molecule has 3 aromatic carbocycles. The Balaban J connectivity index is 1.19. The van der Waals surface area contributed by atoms with Crippen molar-refractivity contribution >= 4 is 17.5 Å². The molecule has 3 aliphatic heterocycles. The highest BCUT2D eigenvalue weighted by atomic mass is 16.5. The van der Waals surface area contributed by atoms with Crippen LogP contribution in [0.5, 0.6) is 5.75 Å². The van der Waals surface area contributed by atoms with Gasteiger partial charge in [0.25, 0.3) is 0 Å². The van der Waals surface area contributed by atoms with Crippen LogP contribution in [0.4, 0.5) is 0 Å². The van der Waals surface area contributed by atoms with Crippen molar-refractivity contribution < 1.29 is 29.3 Å². The number of carbonyl (C=O) groups is 2. The first-order chi connectivity index (χ1) is 28.8. The number of aliphatic hydroxyl groups excluding tert-OH is 1. The van der Waals surface area contributed by atoms with Gasteiger partial charge in [-0.05, 0) is 172 Å². The van der Waals surface area contributed by atoms with Crippen LogP contribution in [-0.4, -0.2) is 55.6 Å². The third-order valence-electron chi connectivity index (χ3n) is 14.2. The fraction of sp³-hybridized carbons (Fsp3) is 0.440. The van der Waals surface area contributed by atoms with Gasteiger partial charge in [0.1, 0.15) is 17.3 Å².